The third kappa shape index (κ3) is 4.24. The van der Waals surface area contributed by atoms with Gasteiger partial charge in [0.05, 0.1) is 20.5 Å². The van der Waals surface area contributed by atoms with Crippen LogP contribution in [0.25, 0.3) is 6.08 Å². The van der Waals surface area contributed by atoms with Crippen LogP contribution in [0, 0.1) is 24.0 Å². The highest BCUT2D eigenvalue weighted by Crippen LogP contribution is 2.21. The standard InChI is InChI=1S/C14H13N3O5S2/c1-9-7-12(17(19)20)4-5-13(9)24(21,22)16-14(18)6-3-11-8-23-10(2)15-11/h3-8H,1-2H3,(H,16,18). The number of carbonyl (C=O) groups excluding carboxylic acids is 1. The zero-order valence-corrected chi connectivity index (χ0v) is 14.3. The summed E-state index contributed by atoms with van der Waals surface area (Å²) in [5.41, 5.74) is 0.497. The minimum atomic E-state index is -4.12. The zero-order valence-electron chi connectivity index (χ0n) is 12.7. The summed E-state index contributed by atoms with van der Waals surface area (Å²) in [5, 5.41) is 13.2. The van der Waals surface area contributed by atoms with E-state index >= 15 is 0 Å². The average Bonchev–Trinajstić information content (AvgIpc) is 2.90. The molecule has 24 heavy (non-hydrogen) atoms. The molecule has 8 nitrogen and oxygen atoms in total. The third-order valence-electron chi connectivity index (χ3n) is 2.94. The summed E-state index contributed by atoms with van der Waals surface area (Å²) in [4.78, 5) is 25.8. The van der Waals surface area contributed by atoms with E-state index in [4.69, 9.17) is 0 Å². The molecule has 1 heterocycles. The molecule has 1 N–H and O–H groups in total. The summed E-state index contributed by atoms with van der Waals surface area (Å²) in [6.07, 6.45) is 2.46. The smallest absolute Gasteiger partial charge is 0.269 e. The molecule has 126 valence electrons. The molecule has 0 radical (unpaired) electrons. The Labute approximate surface area is 142 Å². The van der Waals surface area contributed by atoms with Crippen molar-refractivity contribution in [3.05, 3.63) is 56.0 Å². The lowest BCUT2D eigenvalue weighted by Gasteiger charge is -2.07. The summed E-state index contributed by atoms with van der Waals surface area (Å²) in [6, 6.07) is 3.30. The number of carbonyl (C=O) groups is 1. The van der Waals surface area contributed by atoms with Gasteiger partial charge >= 0.3 is 0 Å². The van der Waals surface area contributed by atoms with Crippen LogP contribution in [0.4, 0.5) is 5.69 Å². The van der Waals surface area contributed by atoms with Gasteiger partial charge in [-0.1, -0.05) is 0 Å². The van der Waals surface area contributed by atoms with E-state index in [0.29, 0.717) is 5.69 Å². The molecule has 0 spiro atoms. The quantitative estimate of drug-likeness (QED) is 0.491. The van der Waals surface area contributed by atoms with Gasteiger partial charge in [0.2, 0.25) is 0 Å². The van der Waals surface area contributed by atoms with Crippen molar-refractivity contribution in [2.24, 2.45) is 0 Å². The van der Waals surface area contributed by atoms with E-state index in [1.165, 1.54) is 24.3 Å². The molecule has 1 aromatic heterocycles. The number of amides is 1. The molecule has 0 saturated carbocycles. The topological polar surface area (TPSA) is 119 Å². The molecule has 0 fully saturated rings. The molecule has 0 bridgehead atoms. The maximum absolute atomic E-state index is 12.2. The molecular weight excluding hydrogens is 354 g/mol. The highest BCUT2D eigenvalue weighted by atomic mass is 32.2. The lowest BCUT2D eigenvalue weighted by Crippen LogP contribution is -2.29. The van der Waals surface area contributed by atoms with Crippen molar-refractivity contribution in [1.29, 1.82) is 0 Å². The predicted molar refractivity (Wildman–Crippen MR) is 89.0 cm³/mol. The van der Waals surface area contributed by atoms with Crippen LogP contribution >= 0.6 is 11.3 Å². The number of nitrogens with zero attached hydrogens (tertiary/aromatic N) is 2. The summed E-state index contributed by atoms with van der Waals surface area (Å²) in [6.45, 7) is 3.23. The Hall–Kier alpha value is -2.59. The van der Waals surface area contributed by atoms with E-state index in [-0.39, 0.29) is 16.1 Å². The summed E-state index contributed by atoms with van der Waals surface area (Å²) >= 11 is 1.40. The van der Waals surface area contributed by atoms with Crippen LogP contribution in [0.1, 0.15) is 16.3 Å². The number of rotatable bonds is 5. The second-order valence-corrected chi connectivity index (χ2v) is 7.51. The largest absolute Gasteiger partial charge is 0.269 e. The van der Waals surface area contributed by atoms with Gasteiger partial charge in [-0.2, -0.15) is 0 Å². The molecule has 2 aromatic rings. The molecule has 10 heteroatoms. The Morgan fingerprint density at radius 2 is 2.08 bits per heavy atom. The van der Waals surface area contributed by atoms with Gasteiger partial charge in [-0.3, -0.25) is 14.9 Å². The minimum Gasteiger partial charge on any atom is -0.269 e. The number of non-ortho nitro benzene ring substituents is 1. The number of thiazole rings is 1. The Kier molecular flexibility index (Phi) is 5.10. The fourth-order valence-corrected chi connectivity index (χ4v) is 3.64. The van der Waals surface area contributed by atoms with Crippen molar-refractivity contribution in [3.63, 3.8) is 0 Å². The zero-order chi connectivity index (χ0) is 17.9. The number of sulfonamides is 1. The number of nitrogens with one attached hydrogen (secondary N) is 1. The Morgan fingerprint density at radius 1 is 1.38 bits per heavy atom. The second-order valence-electron chi connectivity index (χ2n) is 4.80. The first-order valence-corrected chi connectivity index (χ1v) is 8.97. The van der Waals surface area contributed by atoms with Crippen LogP contribution in [-0.2, 0) is 14.8 Å². The second kappa shape index (κ2) is 6.89. The van der Waals surface area contributed by atoms with Gasteiger partial charge in [0.1, 0.15) is 0 Å². The highest BCUT2D eigenvalue weighted by Gasteiger charge is 2.20. The number of hydrogen-bond donors (Lipinski definition) is 1. The first kappa shape index (κ1) is 17.8. The van der Waals surface area contributed by atoms with Gasteiger partial charge in [-0.25, -0.2) is 18.1 Å². The minimum absolute atomic E-state index is 0.170. The van der Waals surface area contributed by atoms with Gasteiger partial charge in [0.15, 0.2) is 0 Å². The summed E-state index contributed by atoms with van der Waals surface area (Å²) in [5.74, 6) is -0.835. The van der Waals surface area contributed by atoms with Crippen molar-refractivity contribution < 1.29 is 18.1 Å². The van der Waals surface area contributed by atoms with E-state index < -0.39 is 20.9 Å². The highest BCUT2D eigenvalue weighted by molar-refractivity contribution is 7.90. The number of aromatic nitrogens is 1. The molecule has 0 atom stereocenters. The Balaban J connectivity index is 2.17. The Bertz CT molecular complexity index is 932. The summed E-state index contributed by atoms with van der Waals surface area (Å²) in [7, 11) is -4.12. The molecule has 0 aliphatic rings. The van der Waals surface area contributed by atoms with Crippen LogP contribution in [-0.4, -0.2) is 24.2 Å². The number of aryl methyl sites for hydroxylation is 2. The molecule has 1 amide bonds. The average molecular weight is 367 g/mol. The van der Waals surface area contributed by atoms with Gasteiger partial charge in [0.25, 0.3) is 21.6 Å². The monoisotopic (exact) mass is 367 g/mol. The van der Waals surface area contributed by atoms with Crippen LogP contribution in [0.5, 0.6) is 0 Å². The maximum Gasteiger partial charge on any atom is 0.269 e. The number of nitro groups is 1. The molecular formula is C14H13N3O5S2. The van der Waals surface area contributed by atoms with Crippen LogP contribution in [0.15, 0.2) is 34.6 Å². The predicted octanol–water partition coefficient (Wildman–Crippen LogP) is 2.19. The normalized spacial score (nSPS) is 11.6. The van der Waals surface area contributed by atoms with Gasteiger partial charge in [-0.05, 0) is 31.6 Å². The van der Waals surface area contributed by atoms with E-state index in [2.05, 4.69) is 4.98 Å². The van der Waals surface area contributed by atoms with Gasteiger partial charge in [-0.15, -0.1) is 11.3 Å². The lowest BCUT2D eigenvalue weighted by atomic mass is 10.2. The fourth-order valence-electron chi connectivity index (χ4n) is 1.89. The maximum atomic E-state index is 12.2. The molecule has 2 rings (SSSR count). The van der Waals surface area contributed by atoms with Crippen molar-refractivity contribution in [2.75, 3.05) is 0 Å². The Morgan fingerprint density at radius 3 is 2.62 bits per heavy atom. The number of nitro benzene ring substituents is 1. The fraction of sp³-hybridized carbons (Fsp3) is 0.143. The molecule has 0 aliphatic heterocycles. The molecule has 1 aromatic carbocycles. The summed E-state index contributed by atoms with van der Waals surface area (Å²) < 4.78 is 26.3. The molecule has 0 aliphatic carbocycles. The SMILES string of the molecule is Cc1nc(C=CC(=O)NS(=O)(=O)c2ccc([N+](=O)[O-])cc2C)cs1. The van der Waals surface area contributed by atoms with E-state index in [9.17, 15) is 23.3 Å². The third-order valence-corrected chi connectivity index (χ3v) is 5.23. The number of benzene rings is 1. The van der Waals surface area contributed by atoms with Crippen molar-refractivity contribution in [1.82, 2.24) is 9.71 Å². The van der Waals surface area contributed by atoms with E-state index in [1.54, 1.807) is 5.38 Å². The van der Waals surface area contributed by atoms with E-state index in [0.717, 1.165) is 29.3 Å². The van der Waals surface area contributed by atoms with E-state index in [1.807, 2.05) is 11.6 Å². The van der Waals surface area contributed by atoms with Crippen LogP contribution < -0.4 is 4.72 Å². The van der Waals surface area contributed by atoms with Gasteiger partial charge in [0, 0.05) is 23.6 Å². The molecule has 0 saturated heterocycles. The molecule has 0 unspecified atom stereocenters. The van der Waals surface area contributed by atoms with Gasteiger partial charge < -0.3 is 0 Å². The van der Waals surface area contributed by atoms with Crippen molar-refractivity contribution in [3.8, 4) is 0 Å². The lowest BCUT2D eigenvalue weighted by molar-refractivity contribution is -0.385. The van der Waals surface area contributed by atoms with Crippen molar-refractivity contribution >= 4 is 39.0 Å². The first-order chi connectivity index (χ1) is 11.2. The van der Waals surface area contributed by atoms with Crippen LogP contribution in [0.2, 0.25) is 0 Å². The van der Waals surface area contributed by atoms with Crippen LogP contribution in [0.3, 0.4) is 0 Å². The first-order valence-electron chi connectivity index (χ1n) is 6.61. The number of hydrogen-bond acceptors (Lipinski definition) is 7. The van der Waals surface area contributed by atoms with Crippen molar-refractivity contribution in [2.45, 2.75) is 18.7 Å².